The number of aromatic nitrogens is 1. The Morgan fingerprint density at radius 1 is 1.10 bits per heavy atom. The van der Waals surface area contributed by atoms with Crippen molar-refractivity contribution in [2.75, 3.05) is 38.0 Å². The molecule has 0 bridgehead atoms. The number of rotatable bonds is 9. The van der Waals surface area contributed by atoms with E-state index in [2.05, 4.69) is 29.0 Å². The third-order valence-electron chi connectivity index (χ3n) is 6.38. The fourth-order valence-electron chi connectivity index (χ4n) is 4.41. The number of likely N-dealkylation sites (N-methyl/N-ethyl adjacent to an activating group) is 2. The van der Waals surface area contributed by atoms with Crippen molar-refractivity contribution in [2.45, 2.75) is 47.0 Å². The van der Waals surface area contributed by atoms with Crippen LogP contribution in [0.1, 0.15) is 59.6 Å². The molecule has 0 fully saturated rings. The first-order valence-electron chi connectivity index (χ1n) is 11.1. The minimum Gasteiger partial charge on any atom is -0.362 e. The zero-order valence-electron chi connectivity index (χ0n) is 19.1. The highest BCUT2D eigenvalue weighted by atomic mass is 19.1. The van der Waals surface area contributed by atoms with Gasteiger partial charge < -0.3 is 20.1 Å². The Bertz CT molecular complexity index is 965. The largest absolute Gasteiger partial charge is 0.362 e. The highest BCUT2D eigenvalue weighted by molar-refractivity contribution is 6.03. The molecule has 0 saturated carbocycles. The normalized spacial score (nSPS) is 15.3. The van der Waals surface area contributed by atoms with Gasteiger partial charge in [-0.1, -0.05) is 13.8 Å². The summed E-state index contributed by atoms with van der Waals surface area (Å²) in [7, 11) is 0. The van der Waals surface area contributed by atoms with Gasteiger partial charge in [0.25, 0.3) is 5.91 Å². The van der Waals surface area contributed by atoms with E-state index in [-0.39, 0.29) is 17.6 Å². The number of H-pyrrole nitrogens is 1. The first-order chi connectivity index (χ1) is 14.8. The molecule has 1 aliphatic rings. The van der Waals surface area contributed by atoms with Crippen LogP contribution in [0.4, 0.5) is 10.1 Å². The van der Waals surface area contributed by atoms with Crippen LogP contribution >= 0.6 is 0 Å². The number of nitrogens with one attached hydrogen (secondary N) is 2. The zero-order valence-corrected chi connectivity index (χ0v) is 19.1. The summed E-state index contributed by atoms with van der Waals surface area (Å²) in [6.07, 6.45) is 0.397. The molecule has 168 valence electrons. The van der Waals surface area contributed by atoms with Crippen molar-refractivity contribution in [3.8, 4) is 0 Å². The smallest absolute Gasteiger partial charge is 0.255 e. The summed E-state index contributed by atoms with van der Waals surface area (Å²) in [6.45, 7) is 14.1. The molecular formula is C24H33FN4O2. The van der Waals surface area contributed by atoms with Crippen LogP contribution in [-0.4, -0.2) is 59.3 Å². The molecule has 0 saturated heterocycles. The number of amides is 2. The maximum Gasteiger partial charge on any atom is 0.255 e. The second kappa shape index (κ2) is 9.64. The van der Waals surface area contributed by atoms with Crippen LogP contribution in [0, 0.1) is 19.7 Å². The van der Waals surface area contributed by atoms with Gasteiger partial charge in [0.15, 0.2) is 0 Å². The molecule has 2 heterocycles. The van der Waals surface area contributed by atoms with Crippen LogP contribution in [0.25, 0.3) is 0 Å². The summed E-state index contributed by atoms with van der Waals surface area (Å²) >= 11 is 0. The lowest BCUT2D eigenvalue weighted by Crippen LogP contribution is -2.39. The molecule has 0 radical (unpaired) electrons. The molecule has 1 unspecified atom stereocenters. The zero-order chi connectivity index (χ0) is 22.7. The topological polar surface area (TPSA) is 68.4 Å². The van der Waals surface area contributed by atoms with E-state index in [0.29, 0.717) is 36.3 Å². The molecule has 1 atom stereocenters. The maximum absolute atomic E-state index is 13.8. The Morgan fingerprint density at radius 2 is 1.81 bits per heavy atom. The predicted octanol–water partition coefficient (Wildman–Crippen LogP) is 3.85. The van der Waals surface area contributed by atoms with Gasteiger partial charge in [-0.15, -0.1) is 0 Å². The number of hydrogen-bond donors (Lipinski definition) is 2. The van der Waals surface area contributed by atoms with Crippen molar-refractivity contribution >= 4 is 17.5 Å². The van der Waals surface area contributed by atoms with Gasteiger partial charge in [-0.05, 0) is 63.2 Å². The Morgan fingerprint density at radius 3 is 2.45 bits per heavy atom. The van der Waals surface area contributed by atoms with E-state index < -0.39 is 5.92 Å². The van der Waals surface area contributed by atoms with E-state index in [4.69, 9.17) is 0 Å². The van der Waals surface area contributed by atoms with Gasteiger partial charge in [0.1, 0.15) is 5.82 Å². The van der Waals surface area contributed by atoms with Crippen LogP contribution in [0.5, 0.6) is 0 Å². The average Bonchev–Trinajstić information content (AvgIpc) is 3.20. The number of carbonyl (C=O) groups is 2. The van der Waals surface area contributed by atoms with Crippen LogP contribution in [0.2, 0.25) is 0 Å². The summed E-state index contributed by atoms with van der Waals surface area (Å²) < 4.78 is 13.8. The number of halogens is 1. The number of fused-ring (bicyclic) bond motifs is 1. The summed E-state index contributed by atoms with van der Waals surface area (Å²) in [5.41, 5.74) is 4.51. The molecular weight excluding hydrogens is 395 g/mol. The average molecular weight is 429 g/mol. The molecule has 7 heteroatoms. The first-order valence-corrected chi connectivity index (χ1v) is 11.1. The number of anilines is 1. The molecule has 2 amide bonds. The number of nitrogens with zero attached hydrogens (tertiary/aromatic N) is 2. The molecule has 6 nitrogen and oxygen atoms in total. The Labute approximate surface area is 183 Å². The third-order valence-corrected chi connectivity index (χ3v) is 6.38. The van der Waals surface area contributed by atoms with E-state index in [1.807, 2.05) is 25.7 Å². The number of aryl methyl sites for hydroxylation is 1. The summed E-state index contributed by atoms with van der Waals surface area (Å²) in [5, 5.41) is 2.82. The third kappa shape index (κ3) is 4.66. The van der Waals surface area contributed by atoms with E-state index in [9.17, 15) is 14.0 Å². The lowest BCUT2D eigenvalue weighted by atomic mass is 9.94. The second-order valence-corrected chi connectivity index (χ2v) is 8.12. The number of aromatic amines is 1. The van der Waals surface area contributed by atoms with Gasteiger partial charge in [0.2, 0.25) is 5.91 Å². The van der Waals surface area contributed by atoms with Crippen molar-refractivity contribution in [2.24, 2.45) is 0 Å². The van der Waals surface area contributed by atoms with E-state index in [1.54, 1.807) is 6.07 Å². The molecule has 0 aliphatic carbocycles. The summed E-state index contributed by atoms with van der Waals surface area (Å²) in [5.74, 6) is -0.971. The fourth-order valence-corrected chi connectivity index (χ4v) is 4.41. The Hall–Kier alpha value is -2.67. The van der Waals surface area contributed by atoms with E-state index >= 15 is 0 Å². The van der Waals surface area contributed by atoms with Crippen LogP contribution < -0.4 is 5.32 Å². The van der Waals surface area contributed by atoms with E-state index in [1.165, 1.54) is 12.1 Å². The summed E-state index contributed by atoms with van der Waals surface area (Å²) in [4.78, 5) is 33.3. The highest BCUT2D eigenvalue weighted by Gasteiger charge is 2.33. The second-order valence-electron chi connectivity index (χ2n) is 8.12. The molecule has 2 aromatic rings. The monoisotopic (exact) mass is 428 g/mol. The molecule has 1 aromatic heterocycles. The van der Waals surface area contributed by atoms with Crippen LogP contribution in [0.15, 0.2) is 18.2 Å². The number of carbonyl (C=O) groups excluding carboxylic acids is 2. The van der Waals surface area contributed by atoms with Crippen molar-refractivity contribution in [1.29, 1.82) is 0 Å². The SMILES string of the molecule is CCN(CC)CCN(CC)C(=O)c1c(C)[nH]c(CC2C(=O)Nc3ccc(F)cc32)c1C. The lowest BCUT2D eigenvalue weighted by molar-refractivity contribution is -0.117. The molecule has 0 spiro atoms. The Kier molecular flexibility index (Phi) is 7.15. The standard InChI is InChI=1S/C24H33FN4O2/c1-6-28(7-2)11-12-29(8-3)24(31)22-15(4)21(26-16(22)5)14-19-18-13-17(25)9-10-20(18)27-23(19)30/h9-10,13,19,26H,6-8,11-12,14H2,1-5H3,(H,27,30). The van der Waals surface area contributed by atoms with Crippen LogP contribution in [-0.2, 0) is 11.2 Å². The molecule has 1 aliphatic heterocycles. The minimum absolute atomic E-state index is 0.00877. The lowest BCUT2D eigenvalue weighted by Gasteiger charge is -2.25. The minimum atomic E-state index is -0.477. The van der Waals surface area contributed by atoms with Gasteiger partial charge in [-0.2, -0.15) is 0 Å². The number of hydrogen-bond acceptors (Lipinski definition) is 3. The van der Waals surface area contributed by atoms with Crippen molar-refractivity contribution in [1.82, 2.24) is 14.8 Å². The molecule has 3 rings (SSSR count). The maximum atomic E-state index is 13.8. The van der Waals surface area contributed by atoms with Crippen molar-refractivity contribution in [3.63, 3.8) is 0 Å². The van der Waals surface area contributed by atoms with Gasteiger partial charge in [-0.25, -0.2) is 4.39 Å². The quantitative estimate of drug-likeness (QED) is 0.637. The van der Waals surface area contributed by atoms with Gasteiger partial charge in [0, 0.05) is 43.1 Å². The van der Waals surface area contributed by atoms with E-state index in [0.717, 1.165) is 36.6 Å². The highest BCUT2D eigenvalue weighted by Crippen LogP contribution is 2.36. The molecule has 1 aromatic carbocycles. The Balaban J connectivity index is 1.81. The summed E-state index contributed by atoms with van der Waals surface area (Å²) in [6, 6.07) is 4.36. The van der Waals surface area contributed by atoms with Gasteiger partial charge in [0.05, 0.1) is 11.5 Å². The predicted molar refractivity (Wildman–Crippen MR) is 121 cm³/mol. The van der Waals surface area contributed by atoms with Crippen molar-refractivity contribution < 1.29 is 14.0 Å². The van der Waals surface area contributed by atoms with Gasteiger partial charge in [-0.3, -0.25) is 9.59 Å². The number of benzene rings is 1. The van der Waals surface area contributed by atoms with Gasteiger partial charge >= 0.3 is 0 Å². The van der Waals surface area contributed by atoms with Crippen LogP contribution in [0.3, 0.4) is 0 Å². The van der Waals surface area contributed by atoms with Crippen molar-refractivity contribution in [3.05, 3.63) is 52.1 Å². The molecule has 31 heavy (non-hydrogen) atoms. The molecule has 2 N–H and O–H groups in total. The fraction of sp³-hybridized carbons (Fsp3) is 0.500. The first kappa shape index (κ1) is 23.0.